The number of alkyl halides is 3. The first kappa shape index (κ1) is 16.0. The summed E-state index contributed by atoms with van der Waals surface area (Å²) in [6.07, 6.45) is -0.152. The van der Waals surface area contributed by atoms with Crippen LogP contribution in [0.4, 0.5) is 13.2 Å². The Bertz CT molecular complexity index is 761. The van der Waals surface area contributed by atoms with Crippen LogP contribution in [0.25, 0.3) is 0 Å². The molecule has 124 valence electrons. The third kappa shape index (κ3) is 2.87. The molecule has 23 heavy (non-hydrogen) atoms. The topological polar surface area (TPSA) is 52.7 Å². The molecule has 5 nitrogen and oxygen atoms in total. The van der Waals surface area contributed by atoms with Gasteiger partial charge in [-0.25, -0.2) is 4.68 Å². The van der Waals surface area contributed by atoms with Crippen molar-refractivity contribution in [3.8, 4) is 0 Å². The van der Waals surface area contributed by atoms with E-state index in [-0.39, 0.29) is 11.6 Å². The molecule has 0 aromatic carbocycles. The van der Waals surface area contributed by atoms with Crippen LogP contribution in [0, 0.1) is 6.92 Å². The van der Waals surface area contributed by atoms with Crippen LogP contribution in [0.15, 0.2) is 12.4 Å². The summed E-state index contributed by atoms with van der Waals surface area (Å²) < 4.78 is 41.4. The van der Waals surface area contributed by atoms with Crippen molar-refractivity contribution in [1.29, 1.82) is 0 Å². The predicted octanol–water partition coefficient (Wildman–Crippen LogP) is 3.84. The Morgan fingerprint density at radius 2 is 2.09 bits per heavy atom. The third-order valence-electron chi connectivity index (χ3n) is 3.78. The summed E-state index contributed by atoms with van der Waals surface area (Å²) in [6, 6.07) is -0.932. The van der Waals surface area contributed by atoms with Crippen molar-refractivity contribution in [2.24, 2.45) is 0 Å². The smallest absolute Gasteiger partial charge is 0.270 e. The van der Waals surface area contributed by atoms with E-state index in [2.05, 4.69) is 10.2 Å². The Morgan fingerprint density at radius 3 is 2.57 bits per heavy atom. The van der Waals surface area contributed by atoms with E-state index < -0.39 is 28.8 Å². The summed E-state index contributed by atoms with van der Waals surface area (Å²) in [5.41, 5.74) is -0.0801. The van der Waals surface area contributed by atoms with Gasteiger partial charge in [0, 0.05) is 12.1 Å². The minimum Gasteiger partial charge on any atom is -0.270 e. The predicted molar refractivity (Wildman–Crippen MR) is 76.5 cm³/mol. The number of aromatic nitrogens is 4. The zero-order valence-corrected chi connectivity index (χ0v) is 13.2. The molecule has 1 aliphatic rings. The SMILES string of the molecule is Cc1cnn(C(=O)[C@H](C)n2nc(C(F)(F)F)c(Cl)c2C2CC2)c1. The minimum atomic E-state index is -4.66. The molecule has 0 N–H and O–H groups in total. The lowest BCUT2D eigenvalue weighted by atomic mass is 10.2. The van der Waals surface area contributed by atoms with Crippen molar-refractivity contribution >= 4 is 17.5 Å². The molecule has 0 bridgehead atoms. The Hall–Kier alpha value is -1.83. The molecule has 0 amide bonds. The van der Waals surface area contributed by atoms with Gasteiger partial charge >= 0.3 is 6.18 Å². The number of hydrogen-bond acceptors (Lipinski definition) is 3. The third-order valence-corrected chi connectivity index (χ3v) is 4.15. The second-order valence-electron chi connectivity index (χ2n) is 5.74. The summed E-state index contributed by atoms with van der Waals surface area (Å²) in [6.45, 7) is 3.26. The molecule has 2 heterocycles. The maximum Gasteiger partial charge on any atom is 0.436 e. The Labute approximate surface area is 135 Å². The molecule has 2 aromatic heterocycles. The molecule has 0 saturated heterocycles. The van der Waals surface area contributed by atoms with E-state index >= 15 is 0 Å². The highest BCUT2D eigenvalue weighted by atomic mass is 35.5. The lowest BCUT2D eigenvalue weighted by Crippen LogP contribution is -2.25. The zero-order chi connectivity index (χ0) is 16.9. The summed E-state index contributed by atoms with van der Waals surface area (Å²) in [7, 11) is 0. The molecule has 0 aliphatic heterocycles. The second-order valence-corrected chi connectivity index (χ2v) is 6.12. The molecule has 0 unspecified atom stereocenters. The first-order valence-electron chi connectivity index (χ1n) is 7.10. The van der Waals surface area contributed by atoms with Crippen LogP contribution in [-0.2, 0) is 6.18 Å². The molecule has 9 heteroatoms. The molecule has 1 atom stereocenters. The molecule has 0 spiro atoms. The van der Waals surface area contributed by atoms with E-state index in [1.54, 1.807) is 6.92 Å². The van der Waals surface area contributed by atoms with Gasteiger partial charge in [-0.1, -0.05) is 11.6 Å². The number of carbonyl (C=O) groups is 1. The molecule has 0 radical (unpaired) electrons. The van der Waals surface area contributed by atoms with Crippen molar-refractivity contribution in [2.75, 3.05) is 0 Å². The highest BCUT2D eigenvalue weighted by Crippen LogP contribution is 2.47. The fourth-order valence-electron chi connectivity index (χ4n) is 2.46. The maximum absolute atomic E-state index is 13.1. The van der Waals surface area contributed by atoms with Crippen molar-refractivity contribution in [3.05, 3.63) is 34.4 Å². The van der Waals surface area contributed by atoms with Crippen LogP contribution in [0.5, 0.6) is 0 Å². The van der Waals surface area contributed by atoms with E-state index in [4.69, 9.17) is 11.6 Å². The molecular weight excluding hydrogens is 333 g/mol. The van der Waals surface area contributed by atoms with Gasteiger partial charge in [-0.2, -0.15) is 23.4 Å². The van der Waals surface area contributed by atoms with Crippen LogP contribution in [0.3, 0.4) is 0 Å². The highest BCUT2D eigenvalue weighted by molar-refractivity contribution is 6.32. The first-order valence-corrected chi connectivity index (χ1v) is 7.48. The number of rotatable bonds is 3. The number of carbonyl (C=O) groups excluding carboxylic acids is 1. The second kappa shape index (κ2) is 5.36. The van der Waals surface area contributed by atoms with Gasteiger partial charge < -0.3 is 0 Å². The van der Waals surface area contributed by atoms with Crippen LogP contribution in [0.2, 0.25) is 5.02 Å². The number of hydrogen-bond donors (Lipinski definition) is 0. The lowest BCUT2D eigenvalue weighted by Gasteiger charge is -2.14. The van der Waals surface area contributed by atoms with Crippen LogP contribution >= 0.6 is 11.6 Å². The largest absolute Gasteiger partial charge is 0.436 e. The number of aryl methyl sites for hydroxylation is 1. The average Bonchev–Trinajstić information content (AvgIpc) is 3.10. The van der Waals surface area contributed by atoms with E-state index in [1.165, 1.54) is 19.3 Å². The van der Waals surface area contributed by atoms with Gasteiger partial charge in [-0.15, -0.1) is 0 Å². The van der Waals surface area contributed by atoms with Gasteiger partial charge in [-0.05, 0) is 32.3 Å². The summed E-state index contributed by atoms with van der Waals surface area (Å²) >= 11 is 5.91. The van der Waals surface area contributed by atoms with Gasteiger partial charge in [0.1, 0.15) is 6.04 Å². The van der Waals surface area contributed by atoms with Gasteiger partial charge in [0.15, 0.2) is 5.69 Å². The molecule has 1 aliphatic carbocycles. The average molecular weight is 347 g/mol. The number of halogens is 4. The molecule has 3 rings (SSSR count). The van der Waals surface area contributed by atoms with Gasteiger partial charge in [0.2, 0.25) is 0 Å². The van der Waals surface area contributed by atoms with E-state index in [0.717, 1.165) is 27.8 Å². The van der Waals surface area contributed by atoms with Gasteiger partial charge in [-0.3, -0.25) is 9.48 Å². The van der Waals surface area contributed by atoms with Crippen molar-refractivity contribution in [2.45, 2.75) is 44.8 Å². The Kier molecular flexibility index (Phi) is 3.74. The molecule has 1 fully saturated rings. The van der Waals surface area contributed by atoms with Gasteiger partial charge in [0.05, 0.1) is 16.9 Å². The Balaban J connectivity index is 2.03. The fraction of sp³-hybridized carbons (Fsp3) is 0.500. The maximum atomic E-state index is 13.1. The van der Waals surface area contributed by atoms with Gasteiger partial charge in [0.25, 0.3) is 5.91 Å². The summed E-state index contributed by atoms with van der Waals surface area (Å²) in [4.78, 5) is 12.4. The minimum absolute atomic E-state index is 0.0827. The van der Waals surface area contributed by atoms with Crippen LogP contribution in [-0.4, -0.2) is 25.5 Å². The lowest BCUT2D eigenvalue weighted by molar-refractivity contribution is -0.141. The van der Waals surface area contributed by atoms with Crippen LogP contribution < -0.4 is 0 Å². The van der Waals surface area contributed by atoms with Crippen LogP contribution in [0.1, 0.15) is 53.5 Å². The first-order chi connectivity index (χ1) is 10.7. The number of nitrogens with zero attached hydrogens (tertiary/aromatic N) is 4. The summed E-state index contributed by atoms with van der Waals surface area (Å²) in [5.74, 6) is -0.548. The Morgan fingerprint density at radius 1 is 1.43 bits per heavy atom. The quantitative estimate of drug-likeness (QED) is 0.848. The van der Waals surface area contributed by atoms with Crippen molar-refractivity contribution in [1.82, 2.24) is 19.6 Å². The zero-order valence-electron chi connectivity index (χ0n) is 12.4. The fourth-order valence-corrected chi connectivity index (χ4v) is 2.84. The van der Waals surface area contributed by atoms with E-state index in [1.807, 2.05) is 0 Å². The standard InChI is InChI=1S/C14H14ClF3N4O/c1-7-5-19-21(6-7)13(23)8(2)22-11(9-3-4-9)10(15)12(20-22)14(16,17)18/h5-6,8-9H,3-4H2,1-2H3/t8-/m0/s1. The van der Waals surface area contributed by atoms with Crippen molar-refractivity contribution in [3.63, 3.8) is 0 Å². The highest BCUT2D eigenvalue weighted by Gasteiger charge is 2.43. The van der Waals surface area contributed by atoms with Crippen molar-refractivity contribution < 1.29 is 18.0 Å². The van der Waals surface area contributed by atoms with E-state index in [0.29, 0.717) is 0 Å². The normalized spacial score (nSPS) is 16.6. The molecular formula is C14H14ClF3N4O. The molecule has 1 saturated carbocycles. The molecule has 2 aromatic rings. The monoisotopic (exact) mass is 346 g/mol. The summed E-state index contributed by atoms with van der Waals surface area (Å²) in [5, 5.41) is 7.09. The van der Waals surface area contributed by atoms with E-state index in [9.17, 15) is 18.0 Å².